The Bertz CT molecular complexity index is 636. The zero-order valence-electron chi connectivity index (χ0n) is 10.2. The van der Waals surface area contributed by atoms with Crippen LogP contribution in [-0.4, -0.2) is 11.1 Å². The van der Waals surface area contributed by atoms with Gasteiger partial charge < -0.3 is 0 Å². The summed E-state index contributed by atoms with van der Waals surface area (Å²) in [6.07, 6.45) is 1.66. The third kappa shape index (κ3) is 3.39. The Morgan fingerprint density at radius 3 is 2.53 bits per heavy atom. The summed E-state index contributed by atoms with van der Waals surface area (Å²) in [5, 5.41) is 11.4. The Balaban J connectivity index is 2.29. The average molecular weight is 275 g/mol. The molecule has 2 aromatic carbocycles. The number of aryl methyl sites for hydroxylation is 1. The fourth-order valence-electron chi connectivity index (χ4n) is 1.54. The first-order valence-electron chi connectivity index (χ1n) is 5.61. The maximum atomic E-state index is 10.7. The number of aliphatic imine (C=N–C) groups is 1. The molecule has 0 atom stereocenters. The molecule has 0 heterocycles. The van der Waals surface area contributed by atoms with E-state index >= 15 is 0 Å². The van der Waals surface area contributed by atoms with Crippen LogP contribution in [0.1, 0.15) is 11.1 Å². The normalized spacial score (nSPS) is 10.8. The van der Waals surface area contributed by atoms with Crippen molar-refractivity contribution in [2.45, 2.75) is 6.92 Å². The minimum Gasteiger partial charge on any atom is -0.258 e. The van der Waals surface area contributed by atoms with Crippen LogP contribution in [0.4, 0.5) is 11.4 Å². The lowest BCUT2D eigenvalue weighted by Gasteiger charge is -2.00. The van der Waals surface area contributed by atoms with Crippen LogP contribution in [0, 0.1) is 17.0 Å². The van der Waals surface area contributed by atoms with Gasteiger partial charge in [-0.25, -0.2) is 0 Å². The molecule has 96 valence electrons. The van der Waals surface area contributed by atoms with Crippen LogP contribution in [0.2, 0.25) is 5.02 Å². The highest BCUT2D eigenvalue weighted by atomic mass is 35.5. The summed E-state index contributed by atoms with van der Waals surface area (Å²) in [6, 6.07) is 11.8. The highest BCUT2D eigenvalue weighted by Crippen LogP contribution is 2.24. The second kappa shape index (κ2) is 5.63. The molecule has 0 unspecified atom stereocenters. The van der Waals surface area contributed by atoms with E-state index < -0.39 is 4.92 Å². The van der Waals surface area contributed by atoms with Gasteiger partial charge in [0.25, 0.3) is 5.69 Å². The molecule has 0 saturated heterocycles. The first kappa shape index (κ1) is 13.2. The predicted molar refractivity (Wildman–Crippen MR) is 76.5 cm³/mol. The zero-order valence-corrected chi connectivity index (χ0v) is 11.0. The molecule has 0 radical (unpaired) electrons. The van der Waals surface area contributed by atoms with Gasteiger partial charge in [-0.1, -0.05) is 29.8 Å². The first-order chi connectivity index (χ1) is 9.06. The standard InChI is InChI=1S/C14H11ClN2O2/c1-10-2-7-13(17(18)19)8-14(10)16-9-11-3-5-12(15)6-4-11/h2-9H,1H3. The SMILES string of the molecule is Cc1ccc([N+](=O)[O-])cc1N=Cc1ccc(Cl)cc1. The van der Waals surface area contributed by atoms with Gasteiger partial charge in [0.1, 0.15) is 0 Å². The number of hydrogen-bond donors (Lipinski definition) is 0. The predicted octanol–water partition coefficient (Wildman–Crippen LogP) is 4.31. The van der Waals surface area contributed by atoms with Gasteiger partial charge in [0.2, 0.25) is 0 Å². The van der Waals surface area contributed by atoms with Crippen molar-refractivity contribution in [1.29, 1.82) is 0 Å². The van der Waals surface area contributed by atoms with E-state index in [1.54, 1.807) is 24.4 Å². The molecule has 0 amide bonds. The molecule has 0 spiro atoms. The smallest absolute Gasteiger partial charge is 0.258 e. The van der Waals surface area contributed by atoms with Crippen LogP contribution >= 0.6 is 11.6 Å². The molecule has 0 bridgehead atoms. The zero-order chi connectivity index (χ0) is 13.8. The molecule has 4 nitrogen and oxygen atoms in total. The van der Waals surface area contributed by atoms with Gasteiger partial charge in [0.05, 0.1) is 10.6 Å². The molecule has 0 aromatic heterocycles. The lowest BCUT2D eigenvalue weighted by atomic mass is 10.2. The summed E-state index contributed by atoms with van der Waals surface area (Å²) in [5.74, 6) is 0. The Labute approximate surface area is 115 Å². The number of nitro groups is 1. The van der Waals surface area contributed by atoms with E-state index in [9.17, 15) is 10.1 Å². The second-order valence-corrected chi connectivity index (χ2v) is 4.47. The van der Waals surface area contributed by atoms with E-state index in [2.05, 4.69) is 4.99 Å². The molecule has 0 N–H and O–H groups in total. The lowest BCUT2D eigenvalue weighted by Crippen LogP contribution is -1.88. The number of hydrogen-bond acceptors (Lipinski definition) is 3. The number of halogens is 1. The van der Waals surface area contributed by atoms with Gasteiger partial charge in [-0.05, 0) is 30.2 Å². The number of rotatable bonds is 3. The maximum absolute atomic E-state index is 10.7. The number of benzene rings is 2. The molecule has 5 heteroatoms. The van der Waals surface area contributed by atoms with Crippen LogP contribution in [0.3, 0.4) is 0 Å². The Morgan fingerprint density at radius 2 is 1.89 bits per heavy atom. The molecular formula is C14H11ClN2O2. The lowest BCUT2D eigenvalue weighted by molar-refractivity contribution is -0.384. The van der Waals surface area contributed by atoms with Crippen molar-refractivity contribution in [3.8, 4) is 0 Å². The molecule has 2 rings (SSSR count). The highest BCUT2D eigenvalue weighted by molar-refractivity contribution is 6.30. The number of non-ortho nitro benzene ring substituents is 1. The fraction of sp³-hybridized carbons (Fsp3) is 0.0714. The van der Waals surface area contributed by atoms with Crippen molar-refractivity contribution in [3.63, 3.8) is 0 Å². The van der Waals surface area contributed by atoms with Crippen molar-refractivity contribution < 1.29 is 4.92 Å². The Kier molecular flexibility index (Phi) is 3.92. The van der Waals surface area contributed by atoms with E-state index in [0.717, 1.165) is 11.1 Å². The van der Waals surface area contributed by atoms with Crippen molar-refractivity contribution in [2.75, 3.05) is 0 Å². The summed E-state index contributed by atoms with van der Waals surface area (Å²) in [4.78, 5) is 14.6. The third-order valence-electron chi connectivity index (χ3n) is 2.63. The van der Waals surface area contributed by atoms with E-state index in [1.165, 1.54) is 12.1 Å². The van der Waals surface area contributed by atoms with Gasteiger partial charge in [-0.3, -0.25) is 15.1 Å². The second-order valence-electron chi connectivity index (χ2n) is 4.04. The molecule has 0 aliphatic heterocycles. The monoisotopic (exact) mass is 274 g/mol. The molecular weight excluding hydrogens is 264 g/mol. The van der Waals surface area contributed by atoms with Crippen LogP contribution in [-0.2, 0) is 0 Å². The van der Waals surface area contributed by atoms with Crippen LogP contribution in [0.5, 0.6) is 0 Å². The van der Waals surface area contributed by atoms with Gasteiger partial charge in [0.15, 0.2) is 0 Å². The largest absolute Gasteiger partial charge is 0.271 e. The third-order valence-corrected chi connectivity index (χ3v) is 2.88. The van der Waals surface area contributed by atoms with Crippen LogP contribution in [0.25, 0.3) is 0 Å². The summed E-state index contributed by atoms with van der Waals surface area (Å²) in [6.45, 7) is 1.86. The highest BCUT2D eigenvalue weighted by Gasteiger charge is 2.07. The van der Waals surface area contributed by atoms with Gasteiger partial charge in [0, 0.05) is 23.4 Å². The van der Waals surface area contributed by atoms with Crippen LogP contribution < -0.4 is 0 Å². The quantitative estimate of drug-likeness (QED) is 0.476. The molecule has 19 heavy (non-hydrogen) atoms. The average Bonchev–Trinajstić information content (AvgIpc) is 2.39. The first-order valence-corrected chi connectivity index (χ1v) is 5.99. The molecule has 2 aromatic rings. The maximum Gasteiger partial charge on any atom is 0.271 e. The molecule has 0 aliphatic carbocycles. The van der Waals surface area contributed by atoms with E-state index in [1.807, 2.05) is 19.1 Å². The van der Waals surface area contributed by atoms with Gasteiger partial charge in [-0.2, -0.15) is 0 Å². The number of nitrogens with zero attached hydrogens (tertiary/aromatic N) is 2. The summed E-state index contributed by atoms with van der Waals surface area (Å²) in [7, 11) is 0. The number of nitro benzene ring substituents is 1. The van der Waals surface area contributed by atoms with Crippen molar-refractivity contribution >= 4 is 29.2 Å². The van der Waals surface area contributed by atoms with Crippen molar-refractivity contribution in [2.24, 2.45) is 4.99 Å². The molecule has 0 saturated carbocycles. The summed E-state index contributed by atoms with van der Waals surface area (Å²) in [5.41, 5.74) is 2.39. The van der Waals surface area contributed by atoms with Crippen molar-refractivity contribution in [1.82, 2.24) is 0 Å². The summed E-state index contributed by atoms with van der Waals surface area (Å²) >= 11 is 5.79. The van der Waals surface area contributed by atoms with E-state index in [-0.39, 0.29) is 5.69 Å². The fourth-order valence-corrected chi connectivity index (χ4v) is 1.67. The van der Waals surface area contributed by atoms with Gasteiger partial charge in [-0.15, -0.1) is 0 Å². The Morgan fingerprint density at radius 1 is 1.21 bits per heavy atom. The van der Waals surface area contributed by atoms with Crippen LogP contribution in [0.15, 0.2) is 47.5 Å². The topological polar surface area (TPSA) is 55.5 Å². The minimum atomic E-state index is -0.430. The van der Waals surface area contributed by atoms with Crippen molar-refractivity contribution in [3.05, 3.63) is 68.7 Å². The molecule has 0 aliphatic rings. The Hall–Kier alpha value is -2.20. The molecule has 0 fully saturated rings. The van der Waals surface area contributed by atoms with Gasteiger partial charge >= 0.3 is 0 Å². The van der Waals surface area contributed by atoms with E-state index in [4.69, 9.17) is 11.6 Å². The minimum absolute atomic E-state index is 0.0360. The summed E-state index contributed by atoms with van der Waals surface area (Å²) < 4.78 is 0. The van der Waals surface area contributed by atoms with E-state index in [0.29, 0.717) is 10.7 Å².